The number of nitrogens with one attached hydrogen (secondary N) is 2. The maximum Gasteiger partial charge on any atom is 0.312 e. The molecule has 2 heterocycles. The molecule has 0 fully saturated rings. The maximum absolute atomic E-state index is 12.6. The number of aromatic nitrogens is 2. The molecule has 2 aromatic heterocycles. The molecule has 0 aliphatic heterocycles. The summed E-state index contributed by atoms with van der Waals surface area (Å²) in [4.78, 5) is 27.9. The van der Waals surface area contributed by atoms with E-state index in [0.29, 0.717) is 17.0 Å². The van der Waals surface area contributed by atoms with Gasteiger partial charge in [-0.15, -0.1) is 0 Å². The third-order valence-electron chi connectivity index (χ3n) is 4.02. The van der Waals surface area contributed by atoms with Gasteiger partial charge in [-0.2, -0.15) is 0 Å². The molecule has 0 aliphatic rings. The first-order valence-corrected chi connectivity index (χ1v) is 7.85. The zero-order valence-electron chi connectivity index (χ0n) is 14.0. The summed E-state index contributed by atoms with van der Waals surface area (Å²) in [5.74, 6) is -0.255. The number of primary amides is 1. The minimum absolute atomic E-state index is 0.255. The van der Waals surface area contributed by atoms with Crippen LogP contribution in [0.15, 0.2) is 48.8 Å². The predicted octanol–water partition coefficient (Wildman–Crippen LogP) is 2.62. The van der Waals surface area contributed by atoms with E-state index in [2.05, 4.69) is 15.6 Å². The van der Waals surface area contributed by atoms with Gasteiger partial charge in [0, 0.05) is 11.9 Å². The first kappa shape index (κ1) is 16.5. The largest absolute Gasteiger partial charge is 0.352 e. The summed E-state index contributed by atoms with van der Waals surface area (Å²) in [5, 5.41) is 5.53. The van der Waals surface area contributed by atoms with Crippen LogP contribution in [0.1, 0.15) is 34.6 Å². The molecule has 25 heavy (non-hydrogen) atoms. The van der Waals surface area contributed by atoms with Crippen LogP contribution in [-0.2, 0) is 0 Å². The molecule has 4 N–H and O–H groups in total. The highest BCUT2D eigenvalue weighted by Crippen LogP contribution is 2.22. The van der Waals surface area contributed by atoms with Crippen LogP contribution in [0.2, 0.25) is 0 Å². The van der Waals surface area contributed by atoms with E-state index in [0.717, 1.165) is 11.1 Å². The Morgan fingerprint density at radius 3 is 2.80 bits per heavy atom. The van der Waals surface area contributed by atoms with Crippen LogP contribution in [0.25, 0.3) is 5.65 Å². The Kier molecular flexibility index (Phi) is 4.38. The summed E-state index contributed by atoms with van der Waals surface area (Å²) in [5.41, 5.74) is 8.75. The molecule has 1 atom stereocenters. The molecule has 0 bridgehead atoms. The lowest BCUT2D eigenvalue weighted by molar-refractivity contribution is 0.102. The number of nitrogens with zero attached hydrogens (tertiary/aromatic N) is 2. The van der Waals surface area contributed by atoms with Crippen molar-refractivity contribution >= 4 is 23.3 Å². The van der Waals surface area contributed by atoms with Gasteiger partial charge in [0.2, 0.25) is 0 Å². The lowest BCUT2D eigenvalue weighted by Crippen LogP contribution is -2.31. The fourth-order valence-corrected chi connectivity index (χ4v) is 2.63. The Hall–Kier alpha value is -3.35. The van der Waals surface area contributed by atoms with Crippen LogP contribution in [0.5, 0.6) is 0 Å². The molecule has 0 saturated heterocycles. The van der Waals surface area contributed by atoms with Gasteiger partial charge in [-0.05, 0) is 43.2 Å². The van der Waals surface area contributed by atoms with Crippen molar-refractivity contribution in [2.24, 2.45) is 5.73 Å². The van der Waals surface area contributed by atoms with Gasteiger partial charge >= 0.3 is 6.03 Å². The number of amides is 3. The van der Waals surface area contributed by atoms with E-state index in [1.54, 1.807) is 16.8 Å². The molecule has 0 radical (unpaired) electrons. The van der Waals surface area contributed by atoms with Crippen LogP contribution in [0.3, 0.4) is 0 Å². The highest BCUT2D eigenvalue weighted by atomic mass is 16.2. The smallest absolute Gasteiger partial charge is 0.312 e. The van der Waals surface area contributed by atoms with Crippen molar-refractivity contribution in [2.75, 3.05) is 5.32 Å². The minimum atomic E-state index is -0.593. The monoisotopic (exact) mass is 337 g/mol. The van der Waals surface area contributed by atoms with Gasteiger partial charge in [-0.1, -0.05) is 18.2 Å². The van der Waals surface area contributed by atoms with Crippen molar-refractivity contribution in [2.45, 2.75) is 19.9 Å². The summed E-state index contributed by atoms with van der Waals surface area (Å²) >= 11 is 0. The second-order valence-electron chi connectivity index (χ2n) is 5.83. The lowest BCUT2D eigenvalue weighted by atomic mass is 10.0. The fraction of sp³-hybridized carbons (Fsp3) is 0.167. The van der Waals surface area contributed by atoms with Crippen molar-refractivity contribution in [3.63, 3.8) is 0 Å². The van der Waals surface area contributed by atoms with E-state index in [4.69, 9.17) is 5.73 Å². The van der Waals surface area contributed by atoms with E-state index in [1.807, 2.05) is 50.2 Å². The van der Waals surface area contributed by atoms with E-state index in [1.165, 1.54) is 0 Å². The van der Waals surface area contributed by atoms with Crippen LogP contribution in [-0.4, -0.2) is 21.3 Å². The molecular weight excluding hydrogens is 318 g/mol. The number of urea groups is 1. The third kappa shape index (κ3) is 3.45. The molecule has 7 nitrogen and oxygen atoms in total. The molecule has 1 aromatic carbocycles. The fourth-order valence-electron chi connectivity index (χ4n) is 2.63. The quantitative estimate of drug-likeness (QED) is 0.682. The minimum Gasteiger partial charge on any atom is -0.352 e. The molecule has 0 spiro atoms. The van der Waals surface area contributed by atoms with E-state index < -0.39 is 6.03 Å². The number of carbonyl (C=O) groups excluding carboxylic acids is 2. The average Bonchev–Trinajstić information content (AvgIpc) is 3.00. The number of imidazole rings is 1. The Morgan fingerprint density at radius 2 is 2.04 bits per heavy atom. The highest BCUT2D eigenvalue weighted by molar-refractivity contribution is 6.04. The molecule has 3 aromatic rings. The number of hydrogen-bond acceptors (Lipinski definition) is 3. The number of fused-ring (bicyclic) bond motifs is 1. The third-order valence-corrected chi connectivity index (χ3v) is 4.02. The van der Waals surface area contributed by atoms with Gasteiger partial charge in [0.1, 0.15) is 11.3 Å². The summed E-state index contributed by atoms with van der Waals surface area (Å²) in [6.07, 6.45) is 3.33. The SMILES string of the molecule is Cc1ccc([C@H](C)NC(N)=O)cc1NC(=O)c1cnc2ccccn12. The van der Waals surface area contributed by atoms with Crippen molar-refractivity contribution in [1.29, 1.82) is 0 Å². The van der Waals surface area contributed by atoms with Gasteiger partial charge in [0.15, 0.2) is 0 Å². The molecule has 0 unspecified atom stereocenters. The van der Waals surface area contributed by atoms with Crippen LogP contribution < -0.4 is 16.4 Å². The number of nitrogens with two attached hydrogens (primary N) is 1. The highest BCUT2D eigenvalue weighted by Gasteiger charge is 2.14. The van der Waals surface area contributed by atoms with Crippen molar-refractivity contribution in [3.8, 4) is 0 Å². The molecule has 3 amide bonds. The molecule has 128 valence electrons. The van der Waals surface area contributed by atoms with Crippen LogP contribution >= 0.6 is 0 Å². The standard InChI is InChI=1S/C18H19N5O2/c1-11-6-7-13(12(2)21-18(19)25)9-14(11)22-17(24)15-10-20-16-5-3-4-8-23(15)16/h3-10,12H,1-2H3,(H,22,24)(H3,19,21,25)/t12-/m0/s1. The number of hydrogen-bond donors (Lipinski definition) is 3. The molecule has 0 aliphatic carbocycles. The maximum atomic E-state index is 12.6. The Labute approximate surface area is 144 Å². The zero-order valence-corrected chi connectivity index (χ0v) is 14.0. The topological polar surface area (TPSA) is 102 Å². The number of rotatable bonds is 4. The second-order valence-corrected chi connectivity index (χ2v) is 5.83. The number of anilines is 1. The van der Waals surface area contributed by atoms with Gasteiger partial charge in [-0.3, -0.25) is 9.20 Å². The lowest BCUT2D eigenvalue weighted by Gasteiger charge is -2.15. The summed E-state index contributed by atoms with van der Waals surface area (Å²) in [6, 6.07) is 10.3. The van der Waals surface area contributed by atoms with Gasteiger partial charge in [0.05, 0.1) is 12.2 Å². The summed E-state index contributed by atoms with van der Waals surface area (Å²) in [7, 11) is 0. The first-order chi connectivity index (χ1) is 12.0. The number of benzene rings is 1. The summed E-state index contributed by atoms with van der Waals surface area (Å²) < 4.78 is 1.73. The second kappa shape index (κ2) is 6.64. The molecular formula is C18H19N5O2. The summed E-state index contributed by atoms with van der Waals surface area (Å²) in [6.45, 7) is 3.73. The van der Waals surface area contributed by atoms with E-state index in [-0.39, 0.29) is 11.9 Å². The van der Waals surface area contributed by atoms with Crippen molar-refractivity contribution < 1.29 is 9.59 Å². The van der Waals surface area contributed by atoms with Crippen LogP contribution in [0, 0.1) is 6.92 Å². The average molecular weight is 337 g/mol. The van der Waals surface area contributed by atoms with Crippen LogP contribution in [0.4, 0.5) is 10.5 Å². The van der Waals surface area contributed by atoms with Crippen molar-refractivity contribution in [3.05, 3.63) is 65.6 Å². The van der Waals surface area contributed by atoms with E-state index >= 15 is 0 Å². The Morgan fingerprint density at radius 1 is 1.24 bits per heavy atom. The predicted molar refractivity (Wildman–Crippen MR) is 95.5 cm³/mol. The zero-order chi connectivity index (χ0) is 18.0. The Bertz CT molecular complexity index is 948. The van der Waals surface area contributed by atoms with Crippen molar-refractivity contribution in [1.82, 2.24) is 14.7 Å². The van der Waals surface area contributed by atoms with Gasteiger partial charge in [0.25, 0.3) is 5.91 Å². The normalized spacial score (nSPS) is 11.9. The number of pyridine rings is 1. The molecule has 3 rings (SSSR count). The molecule has 7 heteroatoms. The Balaban J connectivity index is 1.87. The molecule has 0 saturated carbocycles. The first-order valence-electron chi connectivity index (χ1n) is 7.85. The van der Waals surface area contributed by atoms with E-state index in [9.17, 15) is 9.59 Å². The number of aryl methyl sites for hydroxylation is 1. The van der Waals surface area contributed by atoms with Gasteiger partial charge < -0.3 is 16.4 Å². The number of carbonyl (C=O) groups is 2. The van der Waals surface area contributed by atoms with Gasteiger partial charge in [-0.25, -0.2) is 9.78 Å².